The van der Waals surface area contributed by atoms with Crippen molar-refractivity contribution in [3.8, 4) is 11.4 Å². The van der Waals surface area contributed by atoms with E-state index in [1.54, 1.807) is 12.1 Å². The van der Waals surface area contributed by atoms with E-state index in [-0.39, 0.29) is 18.2 Å². The number of benzene rings is 1. The van der Waals surface area contributed by atoms with E-state index in [2.05, 4.69) is 15.2 Å². The number of nitrogens with two attached hydrogens (primary N) is 1. The Hall–Kier alpha value is -3.08. The Balaban J connectivity index is 1.72. The van der Waals surface area contributed by atoms with E-state index in [1.165, 1.54) is 18.2 Å². The number of halogens is 4. The largest absolute Gasteiger partial charge is 0.455 e. The van der Waals surface area contributed by atoms with E-state index in [9.17, 15) is 27.2 Å². The van der Waals surface area contributed by atoms with Gasteiger partial charge in [0.15, 0.2) is 5.82 Å². The predicted octanol–water partition coefficient (Wildman–Crippen LogP) is 4.40. The molecule has 0 saturated heterocycles. The van der Waals surface area contributed by atoms with Gasteiger partial charge in [0.05, 0.1) is 4.88 Å². The molecule has 3 aromatic rings. The lowest BCUT2D eigenvalue weighted by atomic mass is 9.95. The molecule has 0 radical (unpaired) electrons. The van der Waals surface area contributed by atoms with Crippen molar-refractivity contribution >= 4 is 23.0 Å². The number of hydrogen-bond donors (Lipinski definition) is 2. The summed E-state index contributed by atoms with van der Waals surface area (Å²) in [6, 6.07) is 8.29. The van der Waals surface area contributed by atoms with Crippen molar-refractivity contribution in [2.24, 2.45) is 5.73 Å². The van der Waals surface area contributed by atoms with E-state index in [0.29, 0.717) is 41.4 Å². The second-order valence-electron chi connectivity index (χ2n) is 6.88. The summed E-state index contributed by atoms with van der Waals surface area (Å²) < 4.78 is 51.1. The van der Waals surface area contributed by atoms with Crippen molar-refractivity contribution in [3.63, 3.8) is 0 Å². The van der Waals surface area contributed by atoms with Crippen LogP contribution in [-0.2, 0) is 11.2 Å². The molecule has 6 nitrogen and oxygen atoms in total. The average Bonchev–Trinajstić information content (AvgIpc) is 3.37. The molecule has 2 heterocycles. The molecule has 0 saturated carbocycles. The molecular weight excluding hydrogens is 436 g/mol. The zero-order chi connectivity index (χ0) is 22.6. The van der Waals surface area contributed by atoms with Crippen LogP contribution >= 0.6 is 11.3 Å². The van der Waals surface area contributed by atoms with Gasteiger partial charge in [0.2, 0.25) is 5.91 Å². The van der Waals surface area contributed by atoms with Crippen LogP contribution in [0.4, 0.5) is 17.6 Å². The van der Waals surface area contributed by atoms with Gasteiger partial charge in [0, 0.05) is 23.3 Å². The molecule has 3 N–H and O–H groups in total. The number of H-pyrrole nitrogens is 1. The van der Waals surface area contributed by atoms with Crippen molar-refractivity contribution in [1.82, 2.24) is 15.2 Å². The molecule has 0 spiro atoms. The van der Waals surface area contributed by atoms with E-state index in [4.69, 9.17) is 5.73 Å². The van der Waals surface area contributed by atoms with Crippen LogP contribution in [0.2, 0.25) is 0 Å². The van der Waals surface area contributed by atoms with Crippen LogP contribution in [0.1, 0.15) is 45.6 Å². The Bertz CT molecular complexity index is 1060. The zero-order valence-corrected chi connectivity index (χ0v) is 16.9. The summed E-state index contributed by atoms with van der Waals surface area (Å²) >= 11 is 0.763. The summed E-state index contributed by atoms with van der Waals surface area (Å²) in [5, 5.41) is 6.88. The Morgan fingerprint density at radius 1 is 1.10 bits per heavy atom. The van der Waals surface area contributed by atoms with Crippen molar-refractivity contribution in [3.05, 3.63) is 57.8 Å². The monoisotopic (exact) mass is 454 g/mol. The third-order valence-corrected chi connectivity index (χ3v) is 5.86. The fourth-order valence-electron chi connectivity index (χ4n) is 3.03. The number of nitrogens with zero attached hydrogens (tertiary/aromatic N) is 2. The molecule has 164 valence electrons. The minimum Gasteiger partial charge on any atom is -0.370 e. The third kappa shape index (κ3) is 5.97. The number of hydrogen-bond acceptors (Lipinski definition) is 5. The van der Waals surface area contributed by atoms with Gasteiger partial charge < -0.3 is 5.73 Å². The summed E-state index contributed by atoms with van der Waals surface area (Å²) in [6.45, 7) is 0. The van der Waals surface area contributed by atoms with Crippen LogP contribution in [0.25, 0.3) is 11.4 Å². The first-order valence-corrected chi connectivity index (χ1v) is 10.1. The molecular formula is C20H18F4N4O2S. The van der Waals surface area contributed by atoms with Crippen LogP contribution in [0.5, 0.6) is 0 Å². The number of alkyl halides is 3. The van der Waals surface area contributed by atoms with Gasteiger partial charge in [-0.15, -0.1) is 11.3 Å². The van der Waals surface area contributed by atoms with Crippen LogP contribution in [-0.4, -0.2) is 33.0 Å². The fourth-order valence-corrected chi connectivity index (χ4v) is 4.16. The van der Waals surface area contributed by atoms with E-state index < -0.39 is 22.7 Å². The predicted molar refractivity (Wildman–Crippen MR) is 106 cm³/mol. The molecule has 0 aliphatic heterocycles. The van der Waals surface area contributed by atoms with Crippen molar-refractivity contribution < 1.29 is 27.2 Å². The SMILES string of the molecule is NC(=O)CCC(CCc1nc(-c2ccc(F)cc2)n[nH]1)c1ccc(C(=O)C(F)(F)F)s1. The topological polar surface area (TPSA) is 102 Å². The lowest BCUT2D eigenvalue weighted by molar-refractivity contribution is -0.118. The second kappa shape index (κ2) is 9.38. The van der Waals surface area contributed by atoms with Gasteiger partial charge in [-0.05, 0) is 55.2 Å². The standard InChI is InChI=1S/C20H18F4N4O2S/c21-13-5-1-12(2-6-13)19-26-17(27-28-19)10-4-11(3-9-16(25)29)14-7-8-15(31-14)18(30)20(22,23)24/h1-2,5-8,11H,3-4,9-10H2,(H2,25,29)(H,26,27,28). The number of aromatic nitrogens is 3. The molecule has 0 aliphatic rings. The van der Waals surface area contributed by atoms with Crippen LogP contribution in [0, 0.1) is 5.82 Å². The highest BCUT2D eigenvalue weighted by molar-refractivity contribution is 7.14. The van der Waals surface area contributed by atoms with Crippen LogP contribution in [0.3, 0.4) is 0 Å². The molecule has 0 bridgehead atoms. The van der Waals surface area contributed by atoms with Crippen LogP contribution < -0.4 is 5.73 Å². The molecule has 3 rings (SSSR count). The van der Waals surface area contributed by atoms with E-state index in [1.807, 2.05) is 0 Å². The highest BCUT2D eigenvalue weighted by atomic mass is 32.1. The van der Waals surface area contributed by atoms with Gasteiger partial charge in [0.1, 0.15) is 11.6 Å². The lowest BCUT2D eigenvalue weighted by Crippen LogP contribution is -2.21. The molecule has 31 heavy (non-hydrogen) atoms. The van der Waals surface area contributed by atoms with Crippen LogP contribution in [0.15, 0.2) is 36.4 Å². The number of aryl methyl sites for hydroxylation is 1. The maximum Gasteiger partial charge on any atom is 0.455 e. The summed E-state index contributed by atoms with van der Waals surface area (Å²) in [5.74, 6) is -2.16. The number of carbonyl (C=O) groups is 2. The molecule has 2 aromatic heterocycles. The first-order chi connectivity index (χ1) is 14.6. The van der Waals surface area contributed by atoms with Gasteiger partial charge in [-0.2, -0.15) is 18.3 Å². The Morgan fingerprint density at radius 3 is 2.45 bits per heavy atom. The lowest BCUT2D eigenvalue weighted by Gasteiger charge is -2.13. The normalized spacial score (nSPS) is 12.6. The Kier molecular flexibility index (Phi) is 6.84. The smallest absolute Gasteiger partial charge is 0.370 e. The summed E-state index contributed by atoms with van der Waals surface area (Å²) in [6.07, 6.45) is -3.71. The maximum absolute atomic E-state index is 13.1. The molecule has 0 aliphatic carbocycles. The third-order valence-electron chi connectivity index (χ3n) is 4.61. The van der Waals surface area contributed by atoms with E-state index in [0.717, 1.165) is 17.4 Å². The molecule has 1 amide bonds. The molecule has 0 fully saturated rings. The number of rotatable bonds is 9. The Morgan fingerprint density at radius 2 is 1.81 bits per heavy atom. The van der Waals surface area contributed by atoms with Crippen molar-refractivity contribution in [2.75, 3.05) is 0 Å². The number of nitrogens with one attached hydrogen (secondary N) is 1. The molecule has 1 atom stereocenters. The molecule has 1 unspecified atom stereocenters. The quantitative estimate of drug-likeness (QED) is 0.370. The number of aromatic amines is 1. The van der Waals surface area contributed by atoms with E-state index >= 15 is 0 Å². The van der Waals surface area contributed by atoms with Gasteiger partial charge in [-0.25, -0.2) is 9.37 Å². The second-order valence-corrected chi connectivity index (χ2v) is 8.00. The van der Waals surface area contributed by atoms with Crippen molar-refractivity contribution in [1.29, 1.82) is 0 Å². The highest BCUT2D eigenvalue weighted by Gasteiger charge is 2.40. The number of carbonyl (C=O) groups excluding carboxylic acids is 2. The first-order valence-electron chi connectivity index (χ1n) is 9.30. The van der Waals surface area contributed by atoms with Gasteiger partial charge in [-0.3, -0.25) is 14.7 Å². The molecule has 11 heteroatoms. The first kappa shape index (κ1) is 22.6. The maximum atomic E-state index is 13.1. The minimum atomic E-state index is -4.94. The molecule has 1 aromatic carbocycles. The summed E-state index contributed by atoms with van der Waals surface area (Å²) in [4.78, 5) is 27.2. The van der Waals surface area contributed by atoms with Gasteiger partial charge >= 0.3 is 6.18 Å². The number of primary amides is 1. The summed E-state index contributed by atoms with van der Waals surface area (Å²) in [5.41, 5.74) is 5.85. The minimum absolute atomic E-state index is 0.0579. The zero-order valence-electron chi connectivity index (χ0n) is 16.1. The summed E-state index contributed by atoms with van der Waals surface area (Å²) in [7, 11) is 0. The number of Topliss-reactive ketones (excluding diaryl/α,β-unsaturated/α-hetero) is 1. The average molecular weight is 454 g/mol. The van der Waals surface area contributed by atoms with Crippen molar-refractivity contribution in [2.45, 2.75) is 37.8 Å². The Labute approximate surface area is 178 Å². The fraction of sp³-hybridized carbons (Fsp3) is 0.300. The highest BCUT2D eigenvalue weighted by Crippen LogP contribution is 2.34. The van der Waals surface area contributed by atoms with Gasteiger partial charge in [0.25, 0.3) is 5.78 Å². The number of amides is 1. The number of ketones is 1. The number of thiophene rings is 1. The van der Waals surface area contributed by atoms with Gasteiger partial charge in [-0.1, -0.05) is 0 Å².